The second-order valence-electron chi connectivity index (χ2n) is 6.41. The Morgan fingerprint density at radius 3 is 2.37 bits per heavy atom. The number of carbonyl (C=O) groups is 3. The summed E-state index contributed by atoms with van der Waals surface area (Å²) in [4.78, 5) is 36.0. The lowest BCUT2D eigenvalue weighted by Crippen LogP contribution is -2.22. The summed E-state index contributed by atoms with van der Waals surface area (Å²) in [6, 6.07) is 17.8. The van der Waals surface area contributed by atoms with E-state index >= 15 is 0 Å². The molecule has 0 bridgehead atoms. The van der Waals surface area contributed by atoms with Crippen molar-refractivity contribution in [1.29, 1.82) is 0 Å². The third-order valence-corrected chi connectivity index (χ3v) is 4.75. The zero-order chi connectivity index (χ0) is 21.5. The van der Waals surface area contributed by atoms with Crippen molar-refractivity contribution in [3.8, 4) is 0 Å². The first-order valence-electron chi connectivity index (χ1n) is 9.10. The van der Waals surface area contributed by atoms with Crippen molar-refractivity contribution >= 4 is 63.1 Å². The van der Waals surface area contributed by atoms with E-state index in [0.29, 0.717) is 21.4 Å². The number of carbonyl (C=O) groups excluding carboxylic acids is 3. The molecule has 3 aromatic rings. The molecule has 3 aromatic carbocycles. The van der Waals surface area contributed by atoms with Crippen LogP contribution in [0.25, 0.3) is 10.8 Å². The maximum atomic E-state index is 12.1. The van der Waals surface area contributed by atoms with E-state index in [0.717, 1.165) is 10.8 Å². The average Bonchev–Trinajstić information content (AvgIpc) is 2.73. The predicted octanol–water partition coefficient (Wildman–Crippen LogP) is 5.05. The Bertz CT molecular complexity index is 1100. The van der Waals surface area contributed by atoms with E-state index in [1.54, 1.807) is 18.2 Å². The lowest BCUT2D eigenvalue weighted by atomic mass is 10.1. The van der Waals surface area contributed by atoms with Crippen molar-refractivity contribution in [2.24, 2.45) is 0 Å². The zero-order valence-electron chi connectivity index (χ0n) is 15.8. The van der Waals surface area contributed by atoms with Crippen LogP contribution in [0, 0.1) is 0 Å². The minimum absolute atomic E-state index is 0.118. The third-order valence-electron chi connectivity index (χ3n) is 4.19. The molecular weight excluding hydrogens is 427 g/mol. The van der Waals surface area contributed by atoms with E-state index in [4.69, 9.17) is 27.9 Å². The van der Waals surface area contributed by atoms with Gasteiger partial charge in [-0.2, -0.15) is 0 Å². The van der Waals surface area contributed by atoms with Crippen molar-refractivity contribution in [2.45, 2.75) is 12.8 Å². The first-order valence-corrected chi connectivity index (χ1v) is 9.86. The standard InChI is InChI=1S/C22H18Cl2N2O4/c23-15-8-9-17(24)19(12-15)26-20(27)10-11-22(29)30-13-21(28)25-18-7-3-5-14-4-1-2-6-16(14)18/h1-9,12H,10-11,13H2,(H,25,28)(H,26,27). The maximum absolute atomic E-state index is 12.1. The first kappa shape index (κ1) is 21.6. The molecule has 0 radical (unpaired) electrons. The molecule has 30 heavy (non-hydrogen) atoms. The van der Waals surface area contributed by atoms with Gasteiger partial charge in [-0.1, -0.05) is 59.6 Å². The van der Waals surface area contributed by atoms with Gasteiger partial charge in [-0.25, -0.2) is 0 Å². The Balaban J connectivity index is 1.44. The van der Waals surface area contributed by atoms with Crippen LogP contribution in [0.2, 0.25) is 10.0 Å². The minimum atomic E-state index is -0.657. The van der Waals surface area contributed by atoms with E-state index in [1.165, 1.54) is 6.07 Å². The summed E-state index contributed by atoms with van der Waals surface area (Å²) in [5.74, 6) is -1.54. The molecule has 0 fully saturated rings. The summed E-state index contributed by atoms with van der Waals surface area (Å²) in [7, 11) is 0. The highest BCUT2D eigenvalue weighted by Gasteiger charge is 2.13. The van der Waals surface area contributed by atoms with Crippen LogP contribution in [0.3, 0.4) is 0 Å². The van der Waals surface area contributed by atoms with E-state index in [1.807, 2.05) is 36.4 Å². The molecule has 0 aliphatic rings. The van der Waals surface area contributed by atoms with Crippen LogP contribution in [0.15, 0.2) is 60.7 Å². The lowest BCUT2D eigenvalue weighted by molar-refractivity contribution is -0.147. The largest absolute Gasteiger partial charge is 0.456 e. The van der Waals surface area contributed by atoms with Gasteiger partial charge in [-0.3, -0.25) is 14.4 Å². The molecule has 0 unspecified atom stereocenters. The van der Waals surface area contributed by atoms with Gasteiger partial charge in [0.1, 0.15) is 0 Å². The maximum Gasteiger partial charge on any atom is 0.306 e. The molecule has 154 valence electrons. The summed E-state index contributed by atoms with van der Waals surface area (Å²) in [6.45, 7) is -0.441. The third kappa shape index (κ3) is 5.95. The second kappa shape index (κ2) is 10.1. The number of rotatable bonds is 7. The predicted molar refractivity (Wildman–Crippen MR) is 118 cm³/mol. The molecule has 0 atom stereocenters. The molecule has 8 heteroatoms. The van der Waals surface area contributed by atoms with Gasteiger partial charge < -0.3 is 15.4 Å². The molecule has 0 saturated carbocycles. The van der Waals surface area contributed by atoms with E-state index in [9.17, 15) is 14.4 Å². The Labute approximate surface area is 183 Å². The number of amides is 2. The first-order chi connectivity index (χ1) is 14.4. The van der Waals surface area contributed by atoms with Crippen LogP contribution in [-0.4, -0.2) is 24.4 Å². The second-order valence-corrected chi connectivity index (χ2v) is 7.25. The summed E-state index contributed by atoms with van der Waals surface area (Å²) < 4.78 is 4.95. The number of fused-ring (bicyclic) bond motifs is 1. The molecule has 6 nitrogen and oxygen atoms in total. The smallest absolute Gasteiger partial charge is 0.306 e. The number of benzene rings is 3. The number of halogens is 2. The summed E-state index contributed by atoms with van der Waals surface area (Å²) in [6.07, 6.45) is -0.293. The van der Waals surface area contributed by atoms with Crippen LogP contribution in [0.5, 0.6) is 0 Å². The zero-order valence-corrected chi connectivity index (χ0v) is 17.3. The molecule has 2 N–H and O–H groups in total. The lowest BCUT2D eigenvalue weighted by Gasteiger charge is -2.10. The van der Waals surface area contributed by atoms with Gasteiger partial charge in [0.15, 0.2) is 6.61 Å². The Hall–Kier alpha value is -3.09. The fourth-order valence-electron chi connectivity index (χ4n) is 2.76. The fourth-order valence-corrected chi connectivity index (χ4v) is 3.10. The van der Waals surface area contributed by atoms with Gasteiger partial charge in [0.05, 0.1) is 17.1 Å². The highest BCUT2D eigenvalue weighted by molar-refractivity contribution is 6.35. The Morgan fingerprint density at radius 1 is 0.800 bits per heavy atom. The number of nitrogens with one attached hydrogen (secondary N) is 2. The normalized spacial score (nSPS) is 10.5. The van der Waals surface area contributed by atoms with Crippen LogP contribution in [0.1, 0.15) is 12.8 Å². The minimum Gasteiger partial charge on any atom is -0.456 e. The molecule has 3 rings (SSSR count). The topological polar surface area (TPSA) is 84.5 Å². The number of ether oxygens (including phenoxy) is 1. The number of hydrogen-bond acceptors (Lipinski definition) is 4. The molecular formula is C22H18Cl2N2O4. The molecule has 0 aliphatic heterocycles. The molecule has 0 spiro atoms. The van der Waals surface area contributed by atoms with Gasteiger partial charge in [0, 0.05) is 22.5 Å². The van der Waals surface area contributed by atoms with Crippen molar-refractivity contribution in [3.63, 3.8) is 0 Å². The van der Waals surface area contributed by atoms with Gasteiger partial charge in [0.25, 0.3) is 5.91 Å². The van der Waals surface area contributed by atoms with Crippen LogP contribution in [0.4, 0.5) is 11.4 Å². The van der Waals surface area contributed by atoms with Crippen molar-refractivity contribution in [1.82, 2.24) is 0 Å². The average molecular weight is 445 g/mol. The molecule has 0 saturated heterocycles. The van der Waals surface area contributed by atoms with E-state index in [-0.39, 0.29) is 12.8 Å². The summed E-state index contributed by atoms with van der Waals surface area (Å²) in [5.41, 5.74) is 0.990. The fraction of sp³-hybridized carbons (Fsp3) is 0.136. The van der Waals surface area contributed by atoms with Gasteiger partial charge >= 0.3 is 5.97 Å². The molecule has 0 aromatic heterocycles. The van der Waals surface area contributed by atoms with E-state index in [2.05, 4.69) is 10.6 Å². The highest BCUT2D eigenvalue weighted by atomic mass is 35.5. The number of esters is 1. The SMILES string of the molecule is O=C(CCC(=O)OCC(=O)Nc1cccc2ccccc12)Nc1cc(Cl)ccc1Cl. The van der Waals surface area contributed by atoms with Crippen LogP contribution >= 0.6 is 23.2 Å². The van der Waals surface area contributed by atoms with Gasteiger partial charge in [-0.15, -0.1) is 0 Å². The highest BCUT2D eigenvalue weighted by Crippen LogP contribution is 2.25. The number of anilines is 2. The Morgan fingerprint density at radius 2 is 1.53 bits per heavy atom. The molecule has 0 aliphatic carbocycles. The van der Waals surface area contributed by atoms with Crippen molar-refractivity contribution in [3.05, 3.63) is 70.7 Å². The van der Waals surface area contributed by atoms with Gasteiger partial charge in [0.2, 0.25) is 5.91 Å². The summed E-state index contributed by atoms with van der Waals surface area (Å²) in [5, 5.41) is 7.93. The summed E-state index contributed by atoms with van der Waals surface area (Å²) >= 11 is 11.8. The quantitative estimate of drug-likeness (QED) is 0.499. The molecule has 0 heterocycles. The van der Waals surface area contributed by atoms with Crippen molar-refractivity contribution in [2.75, 3.05) is 17.2 Å². The van der Waals surface area contributed by atoms with Gasteiger partial charge in [-0.05, 0) is 29.7 Å². The number of hydrogen-bond donors (Lipinski definition) is 2. The van der Waals surface area contributed by atoms with Crippen LogP contribution < -0.4 is 10.6 Å². The molecule has 2 amide bonds. The van der Waals surface area contributed by atoms with Crippen LogP contribution in [-0.2, 0) is 19.1 Å². The van der Waals surface area contributed by atoms with Crippen molar-refractivity contribution < 1.29 is 19.1 Å². The Kier molecular flexibility index (Phi) is 7.27. The van der Waals surface area contributed by atoms with E-state index < -0.39 is 24.4 Å². The monoisotopic (exact) mass is 444 g/mol.